The Labute approximate surface area is 151 Å². The van der Waals surface area contributed by atoms with Crippen molar-refractivity contribution in [2.24, 2.45) is 5.92 Å². The molecule has 0 fully saturated rings. The van der Waals surface area contributed by atoms with Gasteiger partial charge in [-0.15, -0.1) is 0 Å². The molecule has 1 aliphatic rings. The molecule has 1 unspecified atom stereocenters. The van der Waals surface area contributed by atoms with E-state index in [4.69, 9.17) is 14.6 Å². The molecule has 0 radical (unpaired) electrons. The maximum absolute atomic E-state index is 12.0. The molecule has 140 valence electrons. The van der Waals surface area contributed by atoms with Crippen LogP contribution in [0.1, 0.15) is 57.7 Å². The van der Waals surface area contributed by atoms with Crippen molar-refractivity contribution in [1.82, 2.24) is 0 Å². The monoisotopic (exact) mass is 362 g/mol. The van der Waals surface area contributed by atoms with Gasteiger partial charge in [0.1, 0.15) is 12.4 Å². The van der Waals surface area contributed by atoms with Crippen molar-refractivity contribution in [1.29, 1.82) is 0 Å². The van der Waals surface area contributed by atoms with Gasteiger partial charge >= 0.3 is 17.9 Å². The molecule has 0 saturated carbocycles. The van der Waals surface area contributed by atoms with Crippen LogP contribution in [0.4, 0.5) is 0 Å². The third-order valence-electron chi connectivity index (χ3n) is 4.59. The molecule has 2 N–H and O–H groups in total. The number of ether oxygens (including phenoxy) is 2. The lowest BCUT2D eigenvalue weighted by Crippen LogP contribution is -2.14. The standard InChI is InChI=1S/C19H22O7/c1-9(7-10(2)17(20)21)5-6-12-14(18(22)23)15-13(8-26-19(15)24)11(3)16(12)25-4/h5,10H,6-8H2,1-4H3,(H,20,21)(H,22,23)/b9-5+. The molecule has 0 aromatic heterocycles. The highest BCUT2D eigenvalue weighted by atomic mass is 16.5. The maximum atomic E-state index is 12.0. The number of methoxy groups -OCH3 is 1. The van der Waals surface area contributed by atoms with E-state index in [1.54, 1.807) is 26.8 Å². The minimum Gasteiger partial charge on any atom is -0.496 e. The Bertz CT molecular complexity index is 805. The number of carboxylic acid groups (broad SMARTS) is 2. The number of aromatic carboxylic acids is 1. The first-order valence-electron chi connectivity index (χ1n) is 8.20. The maximum Gasteiger partial charge on any atom is 0.339 e. The molecule has 1 aromatic carbocycles. The molecule has 1 aromatic rings. The van der Waals surface area contributed by atoms with Crippen LogP contribution in [0.25, 0.3) is 0 Å². The van der Waals surface area contributed by atoms with Crippen molar-refractivity contribution in [3.8, 4) is 5.75 Å². The number of fused-ring (bicyclic) bond motifs is 1. The second-order valence-electron chi connectivity index (χ2n) is 6.44. The summed E-state index contributed by atoms with van der Waals surface area (Å²) in [6.07, 6.45) is 2.34. The second kappa shape index (κ2) is 7.59. The highest BCUT2D eigenvalue weighted by molar-refractivity contribution is 6.07. The molecule has 1 aliphatic heterocycles. The van der Waals surface area contributed by atoms with Gasteiger partial charge in [0.15, 0.2) is 0 Å². The van der Waals surface area contributed by atoms with Crippen molar-refractivity contribution in [2.75, 3.05) is 7.11 Å². The zero-order chi connectivity index (χ0) is 19.6. The molecule has 26 heavy (non-hydrogen) atoms. The lowest BCUT2D eigenvalue weighted by molar-refractivity contribution is -0.141. The zero-order valence-electron chi connectivity index (χ0n) is 15.2. The number of carbonyl (C=O) groups excluding carboxylic acids is 1. The van der Waals surface area contributed by atoms with E-state index < -0.39 is 23.8 Å². The van der Waals surface area contributed by atoms with E-state index in [1.807, 2.05) is 0 Å². The van der Waals surface area contributed by atoms with Crippen LogP contribution in [0, 0.1) is 12.8 Å². The number of benzene rings is 1. The van der Waals surface area contributed by atoms with E-state index in [9.17, 15) is 19.5 Å². The van der Waals surface area contributed by atoms with Crippen LogP contribution in [-0.4, -0.2) is 35.2 Å². The quantitative estimate of drug-likeness (QED) is 0.567. The van der Waals surface area contributed by atoms with Gasteiger partial charge in [0, 0.05) is 11.1 Å². The van der Waals surface area contributed by atoms with E-state index in [1.165, 1.54) is 7.11 Å². The molecule has 7 nitrogen and oxygen atoms in total. The Balaban J connectivity index is 2.52. The predicted octanol–water partition coefficient (Wildman–Crippen LogP) is 2.97. The Morgan fingerprint density at radius 2 is 2.00 bits per heavy atom. The number of esters is 1. The highest BCUT2D eigenvalue weighted by Gasteiger charge is 2.34. The van der Waals surface area contributed by atoms with E-state index in [-0.39, 0.29) is 24.2 Å². The Kier molecular flexibility index (Phi) is 5.69. The summed E-state index contributed by atoms with van der Waals surface area (Å²) in [6, 6.07) is 0. The molecule has 0 spiro atoms. The summed E-state index contributed by atoms with van der Waals surface area (Å²) in [6.45, 7) is 5.19. The second-order valence-corrected chi connectivity index (χ2v) is 6.44. The van der Waals surface area contributed by atoms with Crippen LogP contribution in [0.2, 0.25) is 0 Å². The molecule has 7 heteroatoms. The van der Waals surface area contributed by atoms with Crippen LogP contribution in [-0.2, 0) is 22.6 Å². The smallest absolute Gasteiger partial charge is 0.339 e. The Morgan fingerprint density at radius 3 is 2.54 bits per heavy atom. The van der Waals surface area contributed by atoms with Gasteiger partial charge in [0.25, 0.3) is 0 Å². The first kappa shape index (κ1) is 19.5. The van der Waals surface area contributed by atoms with Crippen LogP contribution in [0.3, 0.4) is 0 Å². The number of aliphatic carboxylic acids is 1. The number of hydrogen-bond acceptors (Lipinski definition) is 5. The molecule has 0 bridgehead atoms. The highest BCUT2D eigenvalue weighted by Crippen LogP contribution is 2.38. The van der Waals surface area contributed by atoms with Gasteiger partial charge in [-0.1, -0.05) is 18.6 Å². The van der Waals surface area contributed by atoms with Crippen LogP contribution in [0.15, 0.2) is 11.6 Å². The summed E-state index contributed by atoms with van der Waals surface area (Å²) in [4.78, 5) is 34.9. The minimum atomic E-state index is -1.22. The van der Waals surface area contributed by atoms with Crippen LogP contribution >= 0.6 is 0 Å². The van der Waals surface area contributed by atoms with E-state index >= 15 is 0 Å². The van der Waals surface area contributed by atoms with Crippen molar-refractivity contribution >= 4 is 17.9 Å². The summed E-state index contributed by atoms with van der Waals surface area (Å²) >= 11 is 0. The van der Waals surface area contributed by atoms with Gasteiger partial charge < -0.3 is 19.7 Å². The molecule has 0 aliphatic carbocycles. The average molecular weight is 362 g/mol. The van der Waals surface area contributed by atoms with Gasteiger partial charge in [-0.3, -0.25) is 4.79 Å². The Hall–Kier alpha value is -2.83. The minimum absolute atomic E-state index is 0.0297. The van der Waals surface area contributed by atoms with Crippen molar-refractivity contribution in [2.45, 2.75) is 40.2 Å². The van der Waals surface area contributed by atoms with Gasteiger partial charge in [0.05, 0.1) is 24.2 Å². The fourth-order valence-electron chi connectivity index (χ4n) is 3.22. The molecule has 0 saturated heterocycles. The van der Waals surface area contributed by atoms with Gasteiger partial charge in [0.2, 0.25) is 0 Å². The number of allylic oxidation sites excluding steroid dienone is 2. The topological polar surface area (TPSA) is 110 Å². The third-order valence-corrected chi connectivity index (χ3v) is 4.59. The van der Waals surface area contributed by atoms with Gasteiger partial charge in [-0.25, -0.2) is 9.59 Å². The summed E-state index contributed by atoms with van der Waals surface area (Å²) < 4.78 is 10.4. The van der Waals surface area contributed by atoms with E-state index in [0.717, 1.165) is 5.57 Å². The molecule has 2 rings (SSSR count). The molecule has 1 atom stereocenters. The van der Waals surface area contributed by atoms with E-state index in [0.29, 0.717) is 28.9 Å². The van der Waals surface area contributed by atoms with Crippen LogP contribution in [0.5, 0.6) is 5.75 Å². The number of carbonyl (C=O) groups is 3. The number of carboxylic acids is 2. The van der Waals surface area contributed by atoms with E-state index in [2.05, 4.69) is 0 Å². The fraction of sp³-hybridized carbons (Fsp3) is 0.421. The molecule has 0 amide bonds. The van der Waals surface area contributed by atoms with Crippen molar-refractivity contribution in [3.05, 3.63) is 39.5 Å². The van der Waals surface area contributed by atoms with Crippen LogP contribution < -0.4 is 4.74 Å². The normalized spacial score (nSPS) is 14.6. The summed E-state index contributed by atoms with van der Waals surface area (Å²) in [5, 5.41) is 18.7. The summed E-state index contributed by atoms with van der Waals surface area (Å²) in [5.74, 6) is -2.89. The lowest BCUT2D eigenvalue weighted by atomic mass is 9.89. The number of cyclic esters (lactones) is 1. The summed E-state index contributed by atoms with van der Waals surface area (Å²) in [7, 11) is 1.45. The Morgan fingerprint density at radius 1 is 1.35 bits per heavy atom. The predicted molar refractivity (Wildman–Crippen MR) is 92.7 cm³/mol. The summed E-state index contributed by atoms with van der Waals surface area (Å²) in [5.41, 5.74) is 2.39. The average Bonchev–Trinajstić information content (AvgIpc) is 2.94. The van der Waals surface area contributed by atoms with Gasteiger partial charge in [-0.05, 0) is 32.3 Å². The lowest BCUT2D eigenvalue weighted by Gasteiger charge is -2.17. The molecule has 1 heterocycles. The first-order valence-corrected chi connectivity index (χ1v) is 8.20. The third kappa shape index (κ3) is 3.56. The molecular weight excluding hydrogens is 340 g/mol. The largest absolute Gasteiger partial charge is 0.496 e. The van der Waals surface area contributed by atoms with Crippen molar-refractivity contribution in [3.63, 3.8) is 0 Å². The number of rotatable bonds is 7. The SMILES string of the molecule is COc1c(C)c2c(c(C(=O)O)c1C/C=C(\C)CC(C)C(=O)O)C(=O)OC2. The molecular formula is C19H22O7. The van der Waals surface area contributed by atoms with Crippen molar-refractivity contribution < 1.29 is 34.1 Å². The first-order chi connectivity index (χ1) is 12.2. The fourth-order valence-corrected chi connectivity index (χ4v) is 3.22. The number of hydrogen-bond donors (Lipinski definition) is 2. The van der Waals surface area contributed by atoms with Gasteiger partial charge in [-0.2, -0.15) is 0 Å². The zero-order valence-corrected chi connectivity index (χ0v) is 15.2.